The monoisotopic (exact) mass is 776 g/mol. The fraction of sp³-hybridized carbons (Fsp3) is 0.833. The largest absolute Gasteiger partial charge is 0.386 e. The number of Topliss-reactive ketones (excluding diaryl/α,β-unsaturated/α-hetero) is 1. The molecule has 55 heavy (non-hydrogen) atoms. The van der Waals surface area contributed by atoms with Crippen LogP contribution in [0.15, 0.2) is 37.0 Å². The fourth-order valence-corrected chi connectivity index (χ4v) is 11.4. The van der Waals surface area contributed by atoms with E-state index in [1.165, 1.54) is 7.11 Å². The van der Waals surface area contributed by atoms with Gasteiger partial charge in [-0.05, 0) is 68.1 Å². The van der Waals surface area contributed by atoms with Crippen LogP contribution in [0.5, 0.6) is 0 Å². The van der Waals surface area contributed by atoms with Gasteiger partial charge in [0.15, 0.2) is 5.79 Å². The zero-order valence-electron chi connectivity index (χ0n) is 32.1. The number of carbonyl (C=O) groups excluding carboxylic acids is 1. The third-order valence-electron chi connectivity index (χ3n) is 14.4. The van der Waals surface area contributed by atoms with E-state index >= 15 is 0 Å². The minimum absolute atomic E-state index is 0.00153. The molecule has 10 rings (SSSR count). The predicted molar refractivity (Wildman–Crippen MR) is 192 cm³/mol. The van der Waals surface area contributed by atoms with E-state index in [1.54, 1.807) is 0 Å². The summed E-state index contributed by atoms with van der Waals surface area (Å²) in [7, 11) is 1.50. The van der Waals surface area contributed by atoms with Gasteiger partial charge in [0.1, 0.15) is 42.4 Å². The van der Waals surface area contributed by atoms with Crippen LogP contribution in [0.3, 0.4) is 0 Å². The molecule has 1 spiro atoms. The van der Waals surface area contributed by atoms with E-state index < -0.39 is 54.3 Å². The minimum atomic E-state index is -3.51. The molecule has 10 aliphatic rings. The number of ketones is 1. The number of aliphatic hydroxyl groups excluding tert-OH is 1. The maximum Gasteiger partial charge on any atom is 0.291 e. The van der Waals surface area contributed by atoms with Crippen LogP contribution in [-0.4, -0.2) is 127 Å². The molecule has 0 amide bonds. The minimum Gasteiger partial charge on any atom is -0.386 e. The van der Waals surface area contributed by atoms with Crippen molar-refractivity contribution in [1.29, 1.82) is 0 Å². The summed E-state index contributed by atoms with van der Waals surface area (Å²) in [6.45, 7) is 14.2. The molecular weight excluding hydrogens is 718 g/mol. The molecule has 0 saturated carbocycles. The van der Waals surface area contributed by atoms with Gasteiger partial charge in [0, 0.05) is 51.6 Å². The number of halogens is 2. The SMILES string of the molecule is C=CC(F)(F)C(O)CC1OC2CC3OC(CCC4OC(CCC56CC7OC8C(OC9CCC(CC(=O)CC2C1OC)OC9C8O5)C7O6)CC4=C)CC(C)C3=C. The third-order valence-corrected chi connectivity index (χ3v) is 14.4. The second-order valence-corrected chi connectivity index (χ2v) is 17.9. The molecule has 0 radical (unpaired) electrons. The fourth-order valence-electron chi connectivity index (χ4n) is 11.4. The molecule has 0 aromatic heterocycles. The van der Waals surface area contributed by atoms with Crippen LogP contribution in [0.25, 0.3) is 0 Å². The summed E-state index contributed by atoms with van der Waals surface area (Å²) >= 11 is 0. The molecule has 10 heterocycles. The molecule has 19 atom stereocenters. The first kappa shape index (κ1) is 38.8. The average Bonchev–Trinajstić information content (AvgIpc) is 3.83. The lowest BCUT2D eigenvalue weighted by atomic mass is 9.81. The van der Waals surface area contributed by atoms with E-state index in [-0.39, 0.29) is 92.0 Å². The second-order valence-electron chi connectivity index (χ2n) is 17.9. The standard InChI is InChI=1S/C42H58F2O11/c1-6-42(43,44)34(46)18-32-35(47-5)27-16-23(45)15-25-8-10-29-36(50-25)40-39-38(52-29)37-33(53-39)19-41(54-37,55-40)12-11-26-14-21(3)28(48-26)9-7-24-13-20(2)22(4)30(49-24)17-31(27)51-32/h6,20,24-40,46H,1,3-4,7-19H2,2,5H3. The molecule has 10 fully saturated rings. The molecule has 0 aliphatic carbocycles. The third kappa shape index (κ3) is 7.14. The molecule has 10 saturated heterocycles. The van der Waals surface area contributed by atoms with E-state index in [1.807, 2.05) is 0 Å². The molecule has 0 aromatic rings. The molecule has 11 nitrogen and oxygen atoms in total. The van der Waals surface area contributed by atoms with Gasteiger partial charge in [0.2, 0.25) is 0 Å². The van der Waals surface area contributed by atoms with Crippen LogP contribution in [0.2, 0.25) is 0 Å². The molecule has 19 unspecified atom stereocenters. The van der Waals surface area contributed by atoms with Gasteiger partial charge in [-0.2, -0.15) is 8.78 Å². The smallest absolute Gasteiger partial charge is 0.291 e. The lowest BCUT2D eigenvalue weighted by Crippen LogP contribution is -2.61. The van der Waals surface area contributed by atoms with Crippen molar-refractivity contribution < 1.29 is 61.3 Å². The van der Waals surface area contributed by atoms with Gasteiger partial charge in [-0.3, -0.25) is 4.79 Å². The van der Waals surface area contributed by atoms with Gasteiger partial charge in [0.05, 0.1) is 61.0 Å². The Morgan fingerprint density at radius 1 is 0.836 bits per heavy atom. The summed E-state index contributed by atoms with van der Waals surface area (Å²) in [6, 6.07) is 0. The molecule has 10 aliphatic heterocycles. The lowest BCUT2D eigenvalue weighted by Gasteiger charge is -2.47. The van der Waals surface area contributed by atoms with Crippen molar-refractivity contribution >= 4 is 5.78 Å². The number of ether oxygens (including phenoxy) is 9. The van der Waals surface area contributed by atoms with Gasteiger partial charge in [-0.25, -0.2) is 0 Å². The number of alkyl halides is 2. The molecular formula is C42H58F2O11. The van der Waals surface area contributed by atoms with Crippen molar-refractivity contribution in [2.75, 3.05) is 7.11 Å². The van der Waals surface area contributed by atoms with Crippen molar-refractivity contribution in [1.82, 2.24) is 0 Å². The van der Waals surface area contributed by atoms with Crippen LogP contribution in [-0.2, 0) is 47.4 Å². The van der Waals surface area contributed by atoms with E-state index in [2.05, 4.69) is 26.7 Å². The highest BCUT2D eigenvalue weighted by Gasteiger charge is 2.68. The van der Waals surface area contributed by atoms with Crippen molar-refractivity contribution in [3.8, 4) is 0 Å². The first-order valence-electron chi connectivity index (χ1n) is 20.7. The first-order valence-corrected chi connectivity index (χ1v) is 20.7. The summed E-state index contributed by atoms with van der Waals surface area (Å²) < 4.78 is 88.6. The van der Waals surface area contributed by atoms with Gasteiger partial charge >= 0.3 is 0 Å². The Morgan fingerprint density at radius 3 is 2.36 bits per heavy atom. The summed E-state index contributed by atoms with van der Waals surface area (Å²) in [6.07, 6.45) is 0.290. The number of rotatable bonds is 5. The van der Waals surface area contributed by atoms with Crippen LogP contribution in [0.1, 0.15) is 90.4 Å². The van der Waals surface area contributed by atoms with Crippen LogP contribution < -0.4 is 0 Å². The topological polar surface area (TPSA) is 120 Å². The van der Waals surface area contributed by atoms with Crippen LogP contribution in [0.4, 0.5) is 8.78 Å². The number of aliphatic hydroxyl groups is 1. The first-order chi connectivity index (χ1) is 26.3. The molecule has 13 heteroatoms. The highest BCUT2D eigenvalue weighted by molar-refractivity contribution is 5.79. The predicted octanol–water partition coefficient (Wildman–Crippen LogP) is 5.30. The number of carbonyl (C=O) groups is 1. The lowest BCUT2D eigenvalue weighted by molar-refractivity contribution is -0.292. The van der Waals surface area contributed by atoms with Crippen molar-refractivity contribution in [3.05, 3.63) is 37.0 Å². The molecule has 0 aromatic carbocycles. The van der Waals surface area contributed by atoms with E-state index in [9.17, 15) is 18.7 Å². The normalized spacial score (nSPS) is 50.4. The summed E-state index contributed by atoms with van der Waals surface area (Å²) in [4.78, 5) is 14.1. The van der Waals surface area contributed by atoms with Gasteiger partial charge < -0.3 is 47.7 Å². The van der Waals surface area contributed by atoms with Crippen molar-refractivity contribution in [2.45, 2.75) is 200 Å². The maximum atomic E-state index is 14.5. The second kappa shape index (κ2) is 14.9. The maximum absolute atomic E-state index is 14.5. The number of hydrogen-bond acceptors (Lipinski definition) is 11. The average molecular weight is 777 g/mol. The van der Waals surface area contributed by atoms with Gasteiger partial charge in [-0.1, -0.05) is 26.7 Å². The Balaban J connectivity index is 0.994. The highest BCUT2D eigenvalue weighted by atomic mass is 19.3. The Labute approximate surface area is 322 Å². The number of fused-ring (bicyclic) bond motifs is 6. The number of methoxy groups -OCH3 is 1. The molecule has 12 bridgehead atoms. The van der Waals surface area contributed by atoms with Crippen LogP contribution in [0, 0.1) is 11.8 Å². The highest BCUT2D eigenvalue weighted by Crippen LogP contribution is 2.54. The Kier molecular flexibility index (Phi) is 10.5. The Morgan fingerprint density at radius 2 is 1.56 bits per heavy atom. The Bertz CT molecular complexity index is 1510. The zero-order chi connectivity index (χ0) is 38.4. The van der Waals surface area contributed by atoms with E-state index in [4.69, 9.17) is 42.6 Å². The quantitative estimate of drug-likeness (QED) is 0.367. The summed E-state index contributed by atoms with van der Waals surface area (Å²) in [5.74, 6) is -4.68. The van der Waals surface area contributed by atoms with E-state index in [0.717, 1.165) is 43.3 Å². The Hall–Kier alpha value is -1.65. The molecule has 306 valence electrons. The van der Waals surface area contributed by atoms with Crippen molar-refractivity contribution in [2.24, 2.45) is 11.8 Å². The van der Waals surface area contributed by atoms with Gasteiger partial charge in [-0.15, -0.1) is 0 Å². The van der Waals surface area contributed by atoms with E-state index in [0.29, 0.717) is 38.2 Å². The van der Waals surface area contributed by atoms with Crippen molar-refractivity contribution in [3.63, 3.8) is 0 Å². The number of hydrogen-bond donors (Lipinski definition) is 1. The molecule has 1 N–H and O–H groups in total. The summed E-state index contributed by atoms with van der Waals surface area (Å²) in [5.41, 5.74) is 2.03. The summed E-state index contributed by atoms with van der Waals surface area (Å²) in [5, 5.41) is 10.6. The van der Waals surface area contributed by atoms with Crippen LogP contribution >= 0.6 is 0 Å². The van der Waals surface area contributed by atoms with Gasteiger partial charge in [0.25, 0.3) is 5.92 Å². The zero-order valence-corrected chi connectivity index (χ0v) is 32.1.